The lowest BCUT2D eigenvalue weighted by atomic mass is 10.2. The molecule has 1 aliphatic heterocycles. The highest BCUT2D eigenvalue weighted by Crippen LogP contribution is 2.23. The molecule has 1 aromatic carbocycles. The highest BCUT2D eigenvalue weighted by atomic mass is 16.5. The summed E-state index contributed by atoms with van der Waals surface area (Å²) >= 11 is 0. The average molecular weight is 273 g/mol. The number of nitrogen functional groups attached to an aromatic ring is 1. The molecule has 20 heavy (non-hydrogen) atoms. The fourth-order valence-corrected chi connectivity index (χ4v) is 2.32. The number of nitrogens with two attached hydrogens (primary N) is 1. The summed E-state index contributed by atoms with van der Waals surface area (Å²) in [4.78, 5) is 2.32. The van der Waals surface area contributed by atoms with E-state index in [4.69, 9.17) is 10.5 Å². The maximum atomic E-state index is 5.87. The van der Waals surface area contributed by atoms with E-state index in [2.05, 4.69) is 27.4 Å². The molecule has 1 aliphatic rings. The van der Waals surface area contributed by atoms with Crippen LogP contribution in [0.5, 0.6) is 0 Å². The molecule has 3 rings (SSSR count). The molecule has 3 N–H and O–H groups in total. The number of morpholine rings is 1. The monoisotopic (exact) mass is 273 g/mol. The lowest BCUT2D eigenvalue weighted by Gasteiger charge is -2.28. The number of nitrogens with zero attached hydrogens (tertiary/aromatic N) is 3. The first kappa shape index (κ1) is 12.8. The lowest BCUT2D eigenvalue weighted by Crippen LogP contribution is -2.36. The van der Waals surface area contributed by atoms with Crippen molar-refractivity contribution in [2.24, 2.45) is 7.05 Å². The van der Waals surface area contributed by atoms with Gasteiger partial charge in [-0.1, -0.05) is 0 Å². The number of benzene rings is 1. The summed E-state index contributed by atoms with van der Waals surface area (Å²) in [5.41, 5.74) is 8.71. The summed E-state index contributed by atoms with van der Waals surface area (Å²) in [6, 6.07) is 8.29. The van der Waals surface area contributed by atoms with E-state index < -0.39 is 0 Å². The minimum Gasteiger partial charge on any atom is -0.394 e. The first-order chi connectivity index (χ1) is 9.72. The van der Waals surface area contributed by atoms with Crippen LogP contribution in [0.3, 0.4) is 0 Å². The second kappa shape index (κ2) is 5.42. The van der Waals surface area contributed by atoms with Gasteiger partial charge in [0.2, 0.25) is 0 Å². The molecule has 2 heterocycles. The van der Waals surface area contributed by atoms with Gasteiger partial charge in [0.15, 0.2) is 5.82 Å². The van der Waals surface area contributed by atoms with E-state index in [1.54, 1.807) is 10.9 Å². The first-order valence-corrected chi connectivity index (χ1v) is 6.71. The molecule has 1 saturated heterocycles. The molecular formula is C14H19N5O. The summed E-state index contributed by atoms with van der Waals surface area (Å²) in [6.07, 6.45) is 1.78. The summed E-state index contributed by atoms with van der Waals surface area (Å²) in [7, 11) is 1.85. The van der Waals surface area contributed by atoms with Crippen LogP contribution in [0.25, 0.3) is 0 Å². The van der Waals surface area contributed by atoms with Crippen molar-refractivity contribution in [3.05, 3.63) is 30.5 Å². The zero-order valence-corrected chi connectivity index (χ0v) is 11.5. The van der Waals surface area contributed by atoms with E-state index in [1.165, 1.54) is 5.69 Å². The van der Waals surface area contributed by atoms with Crippen LogP contribution in [-0.2, 0) is 11.8 Å². The van der Waals surface area contributed by atoms with Gasteiger partial charge in [-0.15, -0.1) is 0 Å². The summed E-state index contributed by atoms with van der Waals surface area (Å²) < 4.78 is 7.06. The van der Waals surface area contributed by atoms with Crippen molar-refractivity contribution >= 4 is 22.9 Å². The number of aryl methyl sites for hydroxylation is 1. The molecule has 6 heteroatoms. The highest BCUT2D eigenvalue weighted by Gasteiger charge is 2.11. The Morgan fingerprint density at radius 3 is 2.50 bits per heavy atom. The number of hydrogen-bond acceptors (Lipinski definition) is 5. The fourth-order valence-electron chi connectivity index (χ4n) is 2.32. The van der Waals surface area contributed by atoms with Gasteiger partial charge in [-0.3, -0.25) is 4.68 Å². The highest BCUT2D eigenvalue weighted by molar-refractivity contribution is 5.69. The van der Waals surface area contributed by atoms with E-state index in [9.17, 15) is 0 Å². The standard InChI is InChI=1S/C14H19N5O/c1-18-10-13(15)14(17-18)16-11-2-4-12(5-3-11)19-6-8-20-9-7-19/h2-5,10H,6-9,15H2,1H3,(H,16,17). The molecule has 0 radical (unpaired) electrons. The minimum absolute atomic E-state index is 0.643. The predicted octanol–water partition coefficient (Wildman–Crippen LogP) is 1.58. The molecular weight excluding hydrogens is 254 g/mol. The van der Waals surface area contributed by atoms with Gasteiger partial charge in [-0.25, -0.2) is 0 Å². The molecule has 106 valence electrons. The van der Waals surface area contributed by atoms with Gasteiger partial charge in [0.1, 0.15) is 0 Å². The molecule has 0 saturated carbocycles. The molecule has 0 spiro atoms. The van der Waals surface area contributed by atoms with Crippen molar-refractivity contribution in [3.8, 4) is 0 Å². The van der Waals surface area contributed by atoms with Crippen molar-refractivity contribution in [1.82, 2.24) is 9.78 Å². The van der Waals surface area contributed by atoms with E-state index >= 15 is 0 Å². The summed E-state index contributed by atoms with van der Waals surface area (Å²) in [6.45, 7) is 3.48. The Hall–Kier alpha value is -2.21. The quantitative estimate of drug-likeness (QED) is 0.888. The molecule has 0 unspecified atom stereocenters. The van der Waals surface area contributed by atoms with Gasteiger partial charge in [0.05, 0.1) is 18.9 Å². The Bertz CT molecular complexity index is 572. The Balaban J connectivity index is 1.71. The first-order valence-electron chi connectivity index (χ1n) is 6.71. The number of nitrogens with one attached hydrogen (secondary N) is 1. The van der Waals surface area contributed by atoms with E-state index in [-0.39, 0.29) is 0 Å². The topological polar surface area (TPSA) is 68.3 Å². The molecule has 0 atom stereocenters. The molecule has 1 fully saturated rings. The van der Waals surface area contributed by atoms with Gasteiger partial charge < -0.3 is 20.7 Å². The lowest BCUT2D eigenvalue weighted by molar-refractivity contribution is 0.122. The van der Waals surface area contributed by atoms with E-state index in [0.29, 0.717) is 11.5 Å². The molecule has 0 bridgehead atoms. The van der Waals surface area contributed by atoms with Crippen LogP contribution in [0.2, 0.25) is 0 Å². The average Bonchev–Trinajstić information content (AvgIpc) is 2.79. The van der Waals surface area contributed by atoms with Crippen LogP contribution in [0.1, 0.15) is 0 Å². The summed E-state index contributed by atoms with van der Waals surface area (Å²) in [5.74, 6) is 0.687. The van der Waals surface area contributed by atoms with Gasteiger partial charge in [0.25, 0.3) is 0 Å². The van der Waals surface area contributed by atoms with Gasteiger partial charge >= 0.3 is 0 Å². The predicted molar refractivity (Wildman–Crippen MR) is 80.4 cm³/mol. The number of aromatic nitrogens is 2. The smallest absolute Gasteiger partial charge is 0.175 e. The third-order valence-electron chi connectivity index (χ3n) is 3.36. The Labute approximate surface area is 118 Å². The van der Waals surface area contributed by atoms with Gasteiger partial charge in [-0.2, -0.15) is 5.10 Å². The van der Waals surface area contributed by atoms with Crippen LogP contribution in [0, 0.1) is 0 Å². The zero-order chi connectivity index (χ0) is 13.9. The fraction of sp³-hybridized carbons (Fsp3) is 0.357. The maximum absolute atomic E-state index is 5.87. The number of ether oxygens (including phenoxy) is 1. The van der Waals surface area contributed by atoms with Crippen LogP contribution >= 0.6 is 0 Å². The SMILES string of the molecule is Cn1cc(N)c(Nc2ccc(N3CCOCC3)cc2)n1. The Morgan fingerprint density at radius 1 is 1.20 bits per heavy atom. The maximum Gasteiger partial charge on any atom is 0.175 e. The van der Waals surface area contributed by atoms with Crippen LogP contribution in [0.4, 0.5) is 22.9 Å². The second-order valence-corrected chi connectivity index (χ2v) is 4.88. The van der Waals surface area contributed by atoms with Gasteiger partial charge in [0, 0.05) is 37.7 Å². The third-order valence-corrected chi connectivity index (χ3v) is 3.36. The number of hydrogen-bond donors (Lipinski definition) is 2. The molecule has 6 nitrogen and oxygen atoms in total. The Morgan fingerprint density at radius 2 is 1.90 bits per heavy atom. The Kier molecular flexibility index (Phi) is 3.47. The largest absolute Gasteiger partial charge is 0.394 e. The van der Waals surface area contributed by atoms with Crippen LogP contribution < -0.4 is 16.0 Å². The van der Waals surface area contributed by atoms with E-state index in [0.717, 1.165) is 32.0 Å². The zero-order valence-electron chi connectivity index (χ0n) is 11.5. The molecule has 0 amide bonds. The minimum atomic E-state index is 0.643. The molecule has 1 aromatic heterocycles. The van der Waals surface area contributed by atoms with Crippen molar-refractivity contribution in [3.63, 3.8) is 0 Å². The third kappa shape index (κ3) is 2.70. The number of anilines is 4. The summed E-state index contributed by atoms with van der Waals surface area (Å²) in [5, 5.41) is 7.49. The van der Waals surface area contributed by atoms with Crippen LogP contribution in [0.15, 0.2) is 30.5 Å². The number of rotatable bonds is 3. The molecule has 2 aromatic rings. The molecule has 0 aliphatic carbocycles. The van der Waals surface area contributed by atoms with Crippen molar-refractivity contribution < 1.29 is 4.74 Å². The van der Waals surface area contributed by atoms with Gasteiger partial charge in [-0.05, 0) is 24.3 Å². The second-order valence-electron chi connectivity index (χ2n) is 4.88. The van der Waals surface area contributed by atoms with Crippen molar-refractivity contribution in [2.75, 3.05) is 42.3 Å². The van der Waals surface area contributed by atoms with Crippen LogP contribution in [-0.4, -0.2) is 36.1 Å². The van der Waals surface area contributed by atoms with Crippen molar-refractivity contribution in [1.29, 1.82) is 0 Å². The van der Waals surface area contributed by atoms with E-state index in [1.807, 2.05) is 19.2 Å². The normalized spacial score (nSPS) is 15.3. The van der Waals surface area contributed by atoms with Crippen molar-refractivity contribution in [2.45, 2.75) is 0 Å².